The molecule has 1 fully saturated rings. The van der Waals surface area contributed by atoms with Gasteiger partial charge in [0.1, 0.15) is 5.69 Å². The number of fused-ring (bicyclic) bond motifs is 1. The molecule has 9 heteroatoms. The van der Waals surface area contributed by atoms with Crippen LogP contribution < -0.4 is 20.1 Å². The number of hydrogen-bond donors (Lipinski definition) is 2. The quantitative estimate of drug-likeness (QED) is 0.795. The van der Waals surface area contributed by atoms with Crippen LogP contribution in [-0.2, 0) is 16.4 Å². The summed E-state index contributed by atoms with van der Waals surface area (Å²) >= 11 is 0. The maximum atomic E-state index is 12.2. The van der Waals surface area contributed by atoms with Crippen molar-refractivity contribution in [2.24, 2.45) is 0 Å². The summed E-state index contributed by atoms with van der Waals surface area (Å²) in [6, 6.07) is 8.77. The fourth-order valence-corrected chi connectivity index (χ4v) is 4.73. The van der Waals surface area contributed by atoms with Crippen molar-refractivity contribution in [1.29, 1.82) is 0 Å². The second kappa shape index (κ2) is 7.07. The predicted molar refractivity (Wildman–Crippen MR) is 98.7 cm³/mol. The molecule has 1 saturated heterocycles. The van der Waals surface area contributed by atoms with Crippen LogP contribution in [0.25, 0.3) is 0 Å². The second-order valence-electron chi connectivity index (χ2n) is 6.55. The van der Waals surface area contributed by atoms with Gasteiger partial charge < -0.3 is 20.1 Å². The highest BCUT2D eigenvalue weighted by atomic mass is 32.2. The van der Waals surface area contributed by atoms with Crippen LogP contribution in [0.5, 0.6) is 11.5 Å². The minimum absolute atomic E-state index is 0.00604. The number of nitrogens with zero attached hydrogens (tertiary/aromatic N) is 1. The number of benzene rings is 1. The van der Waals surface area contributed by atoms with Crippen molar-refractivity contribution in [3.05, 3.63) is 47.8 Å². The van der Waals surface area contributed by atoms with Gasteiger partial charge in [-0.2, -0.15) is 0 Å². The van der Waals surface area contributed by atoms with Crippen molar-refractivity contribution in [1.82, 2.24) is 10.3 Å². The molecule has 4 rings (SSSR count). The van der Waals surface area contributed by atoms with E-state index in [1.165, 1.54) is 0 Å². The Bertz CT molecular complexity index is 959. The maximum absolute atomic E-state index is 12.2. The minimum Gasteiger partial charge on any atom is -0.454 e. The lowest BCUT2D eigenvalue weighted by molar-refractivity contribution is 0.0936. The molecule has 0 bridgehead atoms. The van der Waals surface area contributed by atoms with Gasteiger partial charge in [-0.15, -0.1) is 0 Å². The van der Waals surface area contributed by atoms with Crippen LogP contribution in [0.2, 0.25) is 0 Å². The summed E-state index contributed by atoms with van der Waals surface area (Å²) < 4.78 is 33.6. The van der Waals surface area contributed by atoms with Crippen molar-refractivity contribution in [3.8, 4) is 11.5 Å². The van der Waals surface area contributed by atoms with Crippen LogP contribution in [-0.4, -0.2) is 43.6 Å². The largest absolute Gasteiger partial charge is 0.454 e. The number of carbonyl (C=O) groups excluding carboxylic acids is 1. The van der Waals surface area contributed by atoms with Gasteiger partial charge in [-0.1, -0.05) is 6.07 Å². The molecule has 8 nitrogen and oxygen atoms in total. The third kappa shape index (κ3) is 4.13. The number of carbonyl (C=O) groups is 1. The molecule has 1 atom stereocenters. The highest BCUT2D eigenvalue weighted by Gasteiger charge is 2.29. The van der Waals surface area contributed by atoms with Gasteiger partial charge in [-0.3, -0.25) is 4.79 Å². The van der Waals surface area contributed by atoms with Crippen molar-refractivity contribution < 1.29 is 22.7 Å². The molecule has 2 aliphatic heterocycles. The van der Waals surface area contributed by atoms with E-state index >= 15 is 0 Å². The Morgan fingerprint density at radius 3 is 2.78 bits per heavy atom. The third-order valence-corrected chi connectivity index (χ3v) is 6.27. The van der Waals surface area contributed by atoms with E-state index in [0.717, 1.165) is 22.7 Å². The highest BCUT2D eigenvalue weighted by Crippen LogP contribution is 2.32. The van der Waals surface area contributed by atoms with Gasteiger partial charge in [0.25, 0.3) is 5.91 Å². The van der Waals surface area contributed by atoms with Gasteiger partial charge in [-0.05, 0) is 36.2 Å². The van der Waals surface area contributed by atoms with Crippen molar-refractivity contribution in [3.63, 3.8) is 0 Å². The van der Waals surface area contributed by atoms with Crippen LogP contribution in [0, 0.1) is 0 Å². The van der Waals surface area contributed by atoms with Crippen LogP contribution in [0.4, 0.5) is 5.69 Å². The molecule has 2 aromatic rings. The molecule has 0 aliphatic carbocycles. The first kappa shape index (κ1) is 17.6. The highest BCUT2D eigenvalue weighted by molar-refractivity contribution is 7.91. The zero-order chi connectivity index (χ0) is 18.9. The molecule has 1 unspecified atom stereocenters. The average molecular weight is 389 g/mol. The van der Waals surface area contributed by atoms with Crippen molar-refractivity contribution >= 4 is 21.4 Å². The molecule has 27 heavy (non-hydrogen) atoms. The lowest BCUT2D eigenvalue weighted by atomic mass is 10.2. The smallest absolute Gasteiger partial charge is 0.270 e. The number of amides is 1. The first-order chi connectivity index (χ1) is 13.0. The summed E-state index contributed by atoms with van der Waals surface area (Å²) in [4.78, 5) is 16.4. The van der Waals surface area contributed by atoms with E-state index in [1.54, 1.807) is 18.3 Å². The van der Waals surface area contributed by atoms with Crippen molar-refractivity contribution in [2.45, 2.75) is 19.0 Å². The molecule has 1 aromatic carbocycles. The van der Waals surface area contributed by atoms with Gasteiger partial charge >= 0.3 is 0 Å². The van der Waals surface area contributed by atoms with Crippen molar-refractivity contribution in [2.75, 3.05) is 23.6 Å². The molecule has 0 spiro atoms. The van der Waals surface area contributed by atoms with E-state index in [0.29, 0.717) is 13.0 Å². The Balaban J connectivity index is 1.33. The number of sulfone groups is 1. The predicted octanol–water partition coefficient (Wildman–Crippen LogP) is 1.34. The zero-order valence-corrected chi connectivity index (χ0v) is 15.3. The fraction of sp³-hybridized carbons (Fsp3) is 0.333. The van der Waals surface area contributed by atoms with Crippen LogP contribution in [0.1, 0.15) is 22.5 Å². The number of anilines is 1. The number of aromatic nitrogens is 1. The molecule has 0 saturated carbocycles. The summed E-state index contributed by atoms with van der Waals surface area (Å²) in [5.41, 5.74) is 2.06. The first-order valence-corrected chi connectivity index (χ1v) is 10.4. The molecule has 142 valence electrons. The van der Waals surface area contributed by atoms with Gasteiger partial charge in [0.15, 0.2) is 21.3 Å². The van der Waals surface area contributed by atoms with Gasteiger partial charge in [-0.25, -0.2) is 13.4 Å². The van der Waals surface area contributed by atoms with E-state index in [4.69, 9.17) is 9.47 Å². The Hall–Kier alpha value is -2.81. The zero-order valence-electron chi connectivity index (χ0n) is 14.5. The summed E-state index contributed by atoms with van der Waals surface area (Å²) in [6.07, 6.45) is 2.02. The normalized spacial score (nSPS) is 19.6. The number of hydrogen-bond acceptors (Lipinski definition) is 7. The molecule has 2 N–H and O–H groups in total. The molecular weight excluding hydrogens is 370 g/mol. The molecule has 1 aromatic heterocycles. The Kier molecular flexibility index (Phi) is 4.61. The molecular formula is C18H19N3O5S. The molecule has 2 aliphatic rings. The molecule has 0 radical (unpaired) electrons. The number of rotatable bonds is 5. The number of nitrogens with one attached hydrogen (secondary N) is 2. The lowest BCUT2D eigenvalue weighted by Gasteiger charge is -2.11. The number of pyridine rings is 1. The summed E-state index contributed by atoms with van der Waals surface area (Å²) in [6.45, 7) is 0.816. The topological polar surface area (TPSA) is 107 Å². The Morgan fingerprint density at radius 2 is 2.04 bits per heavy atom. The summed E-state index contributed by atoms with van der Waals surface area (Å²) in [7, 11) is -3.03. The van der Waals surface area contributed by atoms with Gasteiger partial charge in [0, 0.05) is 12.6 Å². The van der Waals surface area contributed by atoms with E-state index in [-0.39, 0.29) is 35.9 Å². The van der Waals surface area contributed by atoms with Crippen LogP contribution >= 0.6 is 0 Å². The van der Waals surface area contributed by atoms with Gasteiger partial charge in [0.2, 0.25) is 6.79 Å². The first-order valence-electron chi connectivity index (χ1n) is 8.58. The number of ether oxygens (including phenoxy) is 2. The van der Waals surface area contributed by atoms with Crippen LogP contribution in [0.15, 0.2) is 36.5 Å². The van der Waals surface area contributed by atoms with E-state index in [9.17, 15) is 13.2 Å². The van der Waals surface area contributed by atoms with E-state index < -0.39 is 9.84 Å². The molecule has 3 heterocycles. The maximum Gasteiger partial charge on any atom is 0.270 e. The summed E-state index contributed by atoms with van der Waals surface area (Å²) in [5.74, 6) is 1.22. The average Bonchev–Trinajstić information content (AvgIpc) is 3.25. The van der Waals surface area contributed by atoms with E-state index in [2.05, 4.69) is 15.6 Å². The van der Waals surface area contributed by atoms with E-state index in [1.807, 2.05) is 18.2 Å². The minimum atomic E-state index is -3.03. The Morgan fingerprint density at radius 1 is 1.19 bits per heavy atom. The second-order valence-corrected chi connectivity index (χ2v) is 8.78. The van der Waals surface area contributed by atoms with Gasteiger partial charge in [0.05, 0.1) is 23.4 Å². The lowest BCUT2D eigenvalue weighted by Crippen LogP contribution is -2.36. The fourth-order valence-electron chi connectivity index (χ4n) is 3.06. The molecule has 1 amide bonds. The standard InChI is InChI=1S/C18H19N3O5S/c22-18(21-14-5-6-27(23,24)10-14)15-3-2-13(9-20-15)19-8-12-1-4-16-17(7-12)26-11-25-16/h1-4,7,9,14,19H,5-6,8,10-11H2,(H,21,22). The Labute approximate surface area is 156 Å². The monoisotopic (exact) mass is 389 g/mol. The summed E-state index contributed by atoms with van der Waals surface area (Å²) in [5, 5.41) is 5.96. The SMILES string of the molecule is O=C(NC1CCS(=O)(=O)C1)c1ccc(NCc2ccc3c(c2)OCO3)cn1. The third-order valence-electron chi connectivity index (χ3n) is 4.50. The van der Waals surface area contributed by atoms with Crippen LogP contribution in [0.3, 0.4) is 0 Å².